The van der Waals surface area contributed by atoms with E-state index < -0.39 is 5.97 Å². The number of hydrogen-bond acceptors (Lipinski definition) is 2. The van der Waals surface area contributed by atoms with E-state index in [1.165, 1.54) is 10.8 Å². The van der Waals surface area contributed by atoms with Crippen molar-refractivity contribution in [1.29, 1.82) is 0 Å². The summed E-state index contributed by atoms with van der Waals surface area (Å²) in [5.41, 5.74) is 2.22. The molecule has 24 heavy (non-hydrogen) atoms. The number of ether oxygens (including phenoxy) is 1. The molecule has 0 bridgehead atoms. The number of aromatic amines is 1. The molecule has 0 fully saturated rings. The van der Waals surface area contributed by atoms with Crippen molar-refractivity contribution in [3.63, 3.8) is 0 Å². The minimum atomic E-state index is -0.717. The molecule has 1 atom stereocenters. The Hall–Kier alpha value is -2.49. The molecule has 126 valence electrons. The quantitative estimate of drug-likeness (QED) is 0.574. The molecule has 4 heteroatoms. The standard InChI is InChI=1S/C20H23NO3/c1-14(12-20(22)23)6-4-5-11-24-15-9-10-17-16-7-2-3-8-18(16)21-19(17)13-15/h2-3,7-10,13-14,21H,4-6,11-12H2,1H3,(H,22,23). The Morgan fingerprint density at radius 2 is 1.92 bits per heavy atom. The molecule has 1 unspecified atom stereocenters. The van der Waals surface area contributed by atoms with E-state index in [0.717, 1.165) is 36.0 Å². The first-order valence-electron chi connectivity index (χ1n) is 8.48. The van der Waals surface area contributed by atoms with Crippen LogP contribution in [0.5, 0.6) is 5.75 Å². The molecule has 1 aromatic heterocycles. The number of hydrogen-bond donors (Lipinski definition) is 2. The number of carboxylic acid groups (broad SMARTS) is 1. The first-order valence-corrected chi connectivity index (χ1v) is 8.48. The lowest BCUT2D eigenvalue weighted by Gasteiger charge is -2.09. The third kappa shape index (κ3) is 3.88. The number of carboxylic acids is 1. The summed E-state index contributed by atoms with van der Waals surface area (Å²) in [6.45, 7) is 2.64. The second-order valence-corrected chi connectivity index (χ2v) is 6.43. The number of carbonyl (C=O) groups is 1. The van der Waals surface area contributed by atoms with Crippen LogP contribution in [0.3, 0.4) is 0 Å². The average Bonchev–Trinajstić information content (AvgIpc) is 2.91. The molecule has 0 radical (unpaired) electrons. The van der Waals surface area contributed by atoms with Crippen LogP contribution in [0, 0.1) is 5.92 Å². The van der Waals surface area contributed by atoms with Crippen molar-refractivity contribution in [3.05, 3.63) is 42.5 Å². The van der Waals surface area contributed by atoms with Crippen LogP contribution in [0.4, 0.5) is 0 Å². The summed E-state index contributed by atoms with van der Waals surface area (Å²) in [6.07, 6.45) is 3.10. The van der Waals surface area contributed by atoms with Gasteiger partial charge in [0.05, 0.1) is 12.1 Å². The van der Waals surface area contributed by atoms with Crippen molar-refractivity contribution in [3.8, 4) is 5.75 Å². The van der Waals surface area contributed by atoms with E-state index in [0.29, 0.717) is 6.61 Å². The van der Waals surface area contributed by atoms with Gasteiger partial charge in [-0.05, 0) is 37.0 Å². The van der Waals surface area contributed by atoms with Gasteiger partial charge in [-0.1, -0.05) is 31.5 Å². The zero-order chi connectivity index (χ0) is 16.9. The Labute approximate surface area is 141 Å². The predicted molar refractivity (Wildman–Crippen MR) is 96.6 cm³/mol. The molecular formula is C20H23NO3. The van der Waals surface area contributed by atoms with Gasteiger partial charge in [0.25, 0.3) is 0 Å². The third-order valence-electron chi connectivity index (χ3n) is 4.36. The van der Waals surface area contributed by atoms with Gasteiger partial charge in [-0.2, -0.15) is 0 Å². The van der Waals surface area contributed by atoms with Gasteiger partial charge in [0.1, 0.15) is 5.75 Å². The fourth-order valence-electron chi connectivity index (χ4n) is 3.11. The van der Waals surface area contributed by atoms with Gasteiger partial charge in [-0.25, -0.2) is 0 Å². The molecule has 3 rings (SSSR count). The summed E-state index contributed by atoms with van der Waals surface area (Å²) in [7, 11) is 0. The molecule has 4 nitrogen and oxygen atoms in total. The lowest BCUT2D eigenvalue weighted by molar-refractivity contribution is -0.138. The average molecular weight is 325 g/mol. The second-order valence-electron chi connectivity index (χ2n) is 6.43. The number of rotatable bonds is 8. The number of H-pyrrole nitrogens is 1. The molecule has 0 amide bonds. The van der Waals surface area contributed by atoms with Crippen molar-refractivity contribution in [2.45, 2.75) is 32.6 Å². The van der Waals surface area contributed by atoms with Gasteiger partial charge in [-0.3, -0.25) is 4.79 Å². The van der Waals surface area contributed by atoms with Crippen LogP contribution in [0.2, 0.25) is 0 Å². The van der Waals surface area contributed by atoms with Crippen LogP contribution in [0.1, 0.15) is 32.6 Å². The molecule has 0 saturated heterocycles. The number of aromatic nitrogens is 1. The lowest BCUT2D eigenvalue weighted by Crippen LogP contribution is -2.05. The fourth-order valence-corrected chi connectivity index (χ4v) is 3.11. The zero-order valence-corrected chi connectivity index (χ0v) is 13.9. The Bertz CT molecular complexity index is 837. The molecule has 0 aliphatic rings. The van der Waals surface area contributed by atoms with Crippen molar-refractivity contribution in [1.82, 2.24) is 4.98 Å². The van der Waals surface area contributed by atoms with Crippen molar-refractivity contribution in [2.75, 3.05) is 6.61 Å². The summed E-state index contributed by atoms with van der Waals surface area (Å²) in [5.74, 6) is 0.378. The highest BCUT2D eigenvalue weighted by atomic mass is 16.5. The molecule has 0 saturated carbocycles. The number of nitrogens with one attached hydrogen (secondary N) is 1. The molecule has 1 heterocycles. The van der Waals surface area contributed by atoms with Crippen LogP contribution in [-0.2, 0) is 4.79 Å². The number of para-hydroxylation sites is 1. The smallest absolute Gasteiger partial charge is 0.303 e. The SMILES string of the molecule is CC(CCCCOc1ccc2c(c1)[nH]c1ccccc12)CC(=O)O. The zero-order valence-electron chi connectivity index (χ0n) is 13.9. The van der Waals surface area contributed by atoms with Gasteiger partial charge >= 0.3 is 5.97 Å². The maximum absolute atomic E-state index is 10.6. The van der Waals surface area contributed by atoms with E-state index in [1.54, 1.807) is 0 Å². The van der Waals surface area contributed by atoms with E-state index in [4.69, 9.17) is 9.84 Å². The highest BCUT2D eigenvalue weighted by Crippen LogP contribution is 2.28. The number of aliphatic carboxylic acids is 1. The Morgan fingerprint density at radius 3 is 2.75 bits per heavy atom. The summed E-state index contributed by atoms with van der Waals surface area (Å²) in [6, 6.07) is 14.4. The summed E-state index contributed by atoms with van der Waals surface area (Å²) < 4.78 is 5.84. The van der Waals surface area contributed by atoms with E-state index >= 15 is 0 Å². The molecular weight excluding hydrogens is 302 g/mol. The van der Waals surface area contributed by atoms with Crippen molar-refractivity contribution < 1.29 is 14.6 Å². The minimum Gasteiger partial charge on any atom is -0.494 e. The van der Waals surface area contributed by atoms with Crippen LogP contribution in [-0.4, -0.2) is 22.7 Å². The Balaban J connectivity index is 1.52. The fraction of sp³-hybridized carbons (Fsp3) is 0.350. The summed E-state index contributed by atoms with van der Waals surface area (Å²) >= 11 is 0. The lowest BCUT2D eigenvalue weighted by atomic mass is 10.0. The first-order chi connectivity index (χ1) is 11.6. The Kier molecular flexibility index (Phi) is 5.04. The van der Waals surface area contributed by atoms with Crippen LogP contribution in [0.25, 0.3) is 21.8 Å². The van der Waals surface area contributed by atoms with E-state index in [-0.39, 0.29) is 12.3 Å². The number of benzene rings is 2. The van der Waals surface area contributed by atoms with Gasteiger partial charge in [-0.15, -0.1) is 0 Å². The maximum atomic E-state index is 10.6. The number of unbranched alkanes of at least 4 members (excludes halogenated alkanes) is 1. The van der Waals surface area contributed by atoms with Gasteiger partial charge in [0, 0.05) is 28.8 Å². The van der Waals surface area contributed by atoms with E-state index in [2.05, 4.69) is 23.2 Å². The van der Waals surface area contributed by atoms with Crippen molar-refractivity contribution in [2.24, 2.45) is 5.92 Å². The normalized spacial score (nSPS) is 12.5. The summed E-state index contributed by atoms with van der Waals surface area (Å²) in [4.78, 5) is 14.0. The van der Waals surface area contributed by atoms with Crippen LogP contribution >= 0.6 is 0 Å². The molecule has 0 spiro atoms. The highest BCUT2D eigenvalue weighted by molar-refractivity contribution is 6.07. The van der Waals surface area contributed by atoms with Gasteiger partial charge < -0.3 is 14.8 Å². The van der Waals surface area contributed by atoms with E-state index in [1.807, 2.05) is 31.2 Å². The van der Waals surface area contributed by atoms with Gasteiger partial charge in [0.15, 0.2) is 0 Å². The van der Waals surface area contributed by atoms with Gasteiger partial charge in [0.2, 0.25) is 0 Å². The van der Waals surface area contributed by atoms with E-state index in [9.17, 15) is 4.79 Å². The predicted octanol–water partition coefficient (Wildman–Crippen LogP) is 4.98. The monoisotopic (exact) mass is 325 g/mol. The number of fused-ring (bicyclic) bond motifs is 3. The maximum Gasteiger partial charge on any atom is 0.303 e. The topological polar surface area (TPSA) is 62.3 Å². The molecule has 0 aliphatic carbocycles. The van der Waals surface area contributed by atoms with Crippen LogP contribution in [0.15, 0.2) is 42.5 Å². The van der Waals surface area contributed by atoms with Crippen LogP contribution < -0.4 is 4.74 Å². The minimum absolute atomic E-state index is 0.227. The molecule has 2 N–H and O–H groups in total. The largest absolute Gasteiger partial charge is 0.494 e. The highest BCUT2D eigenvalue weighted by Gasteiger charge is 2.07. The molecule has 0 aliphatic heterocycles. The summed E-state index contributed by atoms with van der Waals surface area (Å²) in [5, 5.41) is 11.2. The molecule has 2 aromatic carbocycles. The Morgan fingerprint density at radius 1 is 1.12 bits per heavy atom. The second kappa shape index (κ2) is 7.39. The first kappa shape index (κ1) is 16.4. The van der Waals surface area contributed by atoms with Crippen molar-refractivity contribution >= 4 is 27.8 Å². The third-order valence-corrected chi connectivity index (χ3v) is 4.36. The molecule has 3 aromatic rings.